The molecule has 24 heavy (non-hydrogen) atoms. The van der Waals surface area contributed by atoms with Gasteiger partial charge >= 0.3 is 5.97 Å². The molecule has 1 aliphatic rings. The minimum atomic E-state index is -0.718. The van der Waals surface area contributed by atoms with Crippen LogP contribution in [0.2, 0.25) is 0 Å². The van der Waals surface area contributed by atoms with Gasteiger partial charge in [0.25, 0.3) is 0 Å². The average Bonchev–Trinajstić information content (AvgIpc) is 2.52. The van der Waals surface area contributed by atoms with E-state index in [1.54, 1.807) is 0 Å². The second-order valence-corrected chi connectivity index (χ2v) is 7.94. The number of carbonyl (C=O) groups is 1. The van der Waals surface area contributed by atoms with Crippen LogP contribution >= 0.6 is 0 Å². The van der Waals surface area contributed by atoms with Gasteiger partial charge in [-0.3, -0.25) is 4.79 Å². The summed E-state index contributed by atoms with van der Waals surface area (Å²) >= 11 is 0. The maximum Gasteiger partial charge on any atom is 0.303 e. The number of carboxylic acids is 1. The normalized spacial score (nSPS) is 21.8. The van der Waals surface area contributed by atoms with E-state index < -0.39 is 5.97 Å². The highest BCUT2D eigenvalue weighted by Crippen LogP contribution is 2.29. The van der Waals surface area contributed by atoms with E-state index in [0.717, 1.165) is 0 Å². The molecule has 1 aromatic rings. The minimum Gasteiger partial charge on any atom is -0.481 e. The first kappa shape index (κ1) is 18.6. The summed E-state index contributed by atoms with van der Waals surface area (Å²) in [6.45, 7) is 6.71. The number of aliphatic carboxylic acids is 1. The Hall–Kier alpha value is -1.77. The molecule has 0 radical (unpaired) electrons. The standard InChI is InChI=1S/C21H31NO2/c1-21(2,3)17-10-14-19(15-11-17)22-18-12-8-16(9-13-18)6-4-5-7-20(23)24/h4,6,10-11,14-16,18,22H,5,7-9,12-13H2,1-3H3,(H,23,24)/b6-4+. The van der Waals surface area contributed by atoms with E-state index in [1.165, 1.54) is 36.9 Å². The number of rotatable bonds is 6. The fourth-order valence-corrected chi connectivity index (χ4v) is 3.25. The van der Waals surface area contributed by atoms with Crippen LogP contribution in [0.15, 0.2) is 36.4 Å². The molecule has 0 unspecified atom stereocenters. The number of hydrogen-bond acceptors (Lipinski definition) is 2. The molecule has 0 saturated heterocycles. The first-order valence-corrected chi connectivity index (χ1v) is 9.10. The van der Waals surface area contributed by atoms with E-state index in [0.29, 0.717) is 18.4 Å². The largest absolute Gasteiger partial charge is 0.481 e. The maximum absolute atomic E-state index is 10.5. The molecule has 1 fully saturated rings. The highest BCUT2D eigenvalue weighted by atomic mass is 16.4. The zero-order valence-corrected chi connectivity index (χ0v) is 15.2. The Labute approximate surface area is 146 Å². The average molecular weight is 329 g/mol. The Bertz CT molecular complexity index is 546. The number of allylic oxidation sites excluding steroid dienone is 2. The molecule has 0 aromatic heterocycles. The van der Waals surface area contributed by atoms with Gasteiger partial charge < -0.3 is 10.4 Å². The summed E-state index contributed by atoms with van der Waals surface area (Å²) in [4.78, 5) is 10.5. The summed E-state index contributed by atoms with van der Waals surface area (Å²) in [5.41, 5.74) is 2.77. The second kappa shape index (κ2) is 8.36. The smallest absolute Gasteiger partial charge is 0.303 e. The molecule has 0 atom stereocenters. The van der Waals surface area contributed by atoms with E-state index in [1.807, 2.05) is 6.08 Å². The van der Waals surface area contributed by atoms with Crippen LogP contribution in [0.4, 0.5) is 5.69 Å². The van der Waals surface area contributed by atoms with Crippen molar-refractivity contribution in [3.63, 3.8) is 0 Å². The zero-order chi connectivity index (χ0) is 17.6. The quantitative estimate of drug-likeness (QED) is 0.689. The molecule has 3 heteroatoms. The number of nitrogens with one attached hydrogen (secondary N) is 1. The fraction of sp³-hybridized carbons (Fsp3) is 0.571. The SMILES string of the molecule is CC(C)(C)c1ccc(NC2CCC(/C=C/CCC(=O)O)CC2)cc1. The van der Waals surface area contributed by atoms with E-state index in [2.05, 4.69) is 56.4 Å². The van der Waals surface area contributed by atoms with E-state index in [4.69, 9.17) is 5.11 Å². The van der Waals surface area contributed by atoms with Gasteiger partial charge in [-0.1, -0.05) is 45.1 Å². The van der Waals surface area contributed by atoms with E-state index in [9.17, 15) is 4.79 Å². The third-order valence-corrected chi connectivity index (χ3v) is 4.83. The van der Waals surface area contributed by atoms with Gasteiger partial charge in [0.2, 0.25) is 0 Å². The lowest BCUT2D eigenvalue weighted by Crippen LogP contribution is -2.25. The van der Waals surface area contributed by atoms with Gasteiger partial charge in [0, 0.05) is 18.2 Å². The number of hydrogen-bond donors (Lipinski definition) is 2. The van der Waals surface area contributed by atoms with Gasteiger partial charge in [0.1, 0.15) is 0 Å². The molecule has 3 nitrogen and oxygen atoms in total. The summed E-state index contributed by atoms with van der Waals surface area (Å²) < 4.78 is 0. The lowest BCUT2D eigenvalue weighted by atomic mass is 9.85. The molecule has 1 aromatic carbocycles. The Balaban J connectivity index is 1.76. The molecule has 1 saturated carbocycles. The van der Waals surface area contributed by atoms with Crippen LogP contribution in [-0.4, -0.2) is 17.1 Å². The number of benzene rings is 1. The molecule has 0 aliphatic heterocycles. The molecular formula is C21H31NO2. The lowest BCUT2D eigenvalue weighted by molar-refractivity contribution is -0.136. The van der Waals surface area contributed by atoms with Crippen molar-refractivity contribution in [3.8, 4) is 0 Å². The van der Waals surface area contributed by atoms with Crippen LogP contribution in [0.1, 0.15) is 64.9 Å². The predicted octanol–water partition coefficient (Wildman–Crippen LogP) is 5.38. The van der Waals surface area contributed by atoms with Crippen molar-refractivity contribution in [2.75, 3.05) is 5.32 Å². The molecule has 2 rings (SSSR count). The highest BCUT2D eigenvalue weighted by Gasteiger charge is 2.19. The fourth-order valence-electron chi connectivity index (χ4n) is 3.25. The summed E-state index contributed by atoms with van der Waals surface area (Å²) in [5.74, 6) is -0.106. The van der Waals surface area contributed by atoms with Crippen LogP contribution in [0.3, 0.4) is 0 Å². The summed E-state index contributed by atoms with van der Waals surface area (Å²) in [6.07, 6.45) is 9.85. The number of anilines is 1. The Morgan fingerprint density at radius 1 is 1.17 bits per heavy atom. The van der Waals surface area contributed by atoms with Gasteiger partial charge in [0.05, 0.1) is 0 Å². The van der Waals surface area contributed by atoms with Gasteiger partial charge in [-0.2, -0.15) is 0 Å². The van der Waals surface area contributed by atoms with Crippen molar-refractivity contribution >= 4 is 11.7 Å². The highest BCUT2D eigenvalue weighted by molar-refractivity contribution is 5.66. The Morgan fingerprint density at radius 2 is 1.79 bits per heavy atom. The van der Waals surface area contributed by atoms with Crippen molar-refractivity contribution in [3.05, 3.63) is 42.0 Å². The third-order valence-electron chi connectivity index (χ3n) is 4.83. The van der Waals surface area contributed by atoms with Crippen molar-refractivity contribution in [2.45, 2.75) is 70.8 Å². The molecule has 0 spiro atoms. The molecule has 1 aliphatic carbocycles. The Kier molecular flexibility index (Phi) is 6.47. The first-order chi connectivity index (χ1) is 11.3. The van der Waals surface area contributed by atoms with Crippen molar-refractivity contribution in [2.24, 2.45) is 5.92 Å². The molecule has 2 N–H and O–H groups in total. The van der Waals surface area contributed by atoms with Gasteiger partial charge in [-0.15, -0.1) is 0 Å². The van der Waals surface area contributed by atoms with Crippen molar-refractivity contribution < 1.29 is 9.90 Å². The monoisotopic (exact) mass is 329 g/mol. The zero-order valence-electron chi connectivity index (χ0n) is 15.2. The lowest BCUT2D eigenvalue weighted by Gasteiger charge is -2.28. The van der Waals surface area contributed by atoms with E-state index in [-0.39, 0.29) is 11.8 Å². The van der Waals surface area contributed by atoms with Crippen LogP contribution in [0, 0.1) is 5.92 Å². The van der Waals surface area contributed by atoms with Crippen LogP contribution in [0.5, 0.6) is 0 Å². The molecule has 0 amide bonds. The second-order valence-electron chi connectivity index (χ2n) is 7.94. The van der Waals surface area contributed by atoms with Crippen LogP contribution < -0.4 is 5.32 Å². The topological polar surface area (TPSA) is 49.3 Å². The van der Waals surface area contributed by atoms with Gasteiger partial charge in [0.15, 0.2) is 0 Å². The molecule has 0 bridgehead atoms. The third kappa shape index (κ3) is 6.03. The Morgan fingerprint density at radius 3 is 2.33 bits per heavy atom. The predicted molar refractivity (Wildman–Crippen MR) is 101 cm³/mol. The minimum absolute atomic E-state index is 0.198. The van der Waals surface area contributed by atoms with Gasteiger partial charge in [-0.25, -0.2) is 0 Å². The molecular weight excluding hydrogens is 298 g/mol. The first-order valence-electron chi connectivity index (χ1n) is 9.10. The van der Waals surface area contributed by atoms with Crippen LogP contribution in [-0.2, 0) is 10.2 Å². The molecule has 0 heterocycles. The summed E-state index contributed by atoms with van der Waals surface area (Å²) in [5, 5.41) is 12.3. The maximum atomic E-state index is 10.5. The van der Waals surface area contributed by atoms with E-state index >= 15 is 0 Å². The van der Waals surface area contributed by atoms with Gasteiger partial charge in [-0.05, 0) is 61.1 Å². The number of carboxylic acid groups (broad SMARTS) is 1. The van der Waals surface area contributed by atoms with Crippen LogP contribution in [0.25, 0.3) is 0 Å². The van der Waals surface area contributed by atoms with Crippen molar-refractivity contribution in [1.29, 1.82) is 0 Å². The molecule has 132 valence electrons. The summed E-state index contributed by atoms with van der Waals surface area (Å²) in [6, 6.07) is 9.38. The summed E-state index contributed by atoms with van der Waals surface area (Å²) in [7, 11) is 0. The van der Waals surface area contributed by atoms with Crippen molar-refractivity contribution in [1.82, 2.24) is 0 Å².